The molecule has 0 aromatic heterocycles. The van der Waals surface area contributed by atoms with Gasteiger partial charge in [0, 0.05) is 26.4 Å². The Bertz CT molecular complexity index is 443. The molecule has 0 aromatic carbocycles. The van der Waals surface area contributed by atoms with E-state index in [0.717, 1.165) is 0 Å². The molecule has 0 aromatic rings. The van der Waals surface area contributed by atoms with Crippen LogP contribution >= 0.6 is 0 Å². The van der Waals surface area contributed by atoms with Crippen molar-refractivity contribution in [2.24, 2.45) is 0 Å². The first kappa shape index (κ1) is 22.8. The Morgan fingerprint density at radius 3 is 2.28 bits per heavy atom. The molecule has 1 unspecified atom stereocenters. The molecule has 0 saturated carbocycles. The number of carboxylic acids is 1. The number of ether oxygens (including phenoxy) is 2. The zero-order valence-corrected chi connectivity index (χ0v) is 14.6. The van der Waals surface area contributed by atoms with Gasteiger partial charge >= 0.3 is 5.97 Å². The Kier molecular flexibility index (Phi) is 12.9. The summed E-state index contributed by atoms with van der Waals surface area (Å²) in [6, 6.07) is -1.08. The first-order chi connectivity index (χ1) is 11.9. The molecular formula is C15H27N3O7. The highest BCUT2D eigenvalue weighted by atomic mass is 16.5. The zero-order valence-electron chi connectivity index (χ0n) is 14.6. The SMILES string of the molecule is CCC(=O)NC(CCC(=O)NCCOCCOCC(=O)NC)C(=O)O. The monoisotopic (exact) mass is 361 g/mol. The highest BCUT2D eigenvalue weighted by molar-refractivity contribution is 5.84. The standard InChI is InChI=1S/C15H27N3O7/c1-3-12(19)18-11(15(22)23)4-5-13(20)17-6-7-24-8-9-25-10-14(21)16-2/h11H,3-10H2,1-2H3,(H,16,21)(H,17,20)(H,18,19)(H,22,23). The van der Waals surface area contributed by atoms with E-state index < -0.39 is 12.0 Å². The number of hydrogen-bond donors (Lipinski definition) is 4. The van der Waals surface area contributed by atoms with Crippen LogP contribution < -0.4 is 16.0 Å². The second kappa shape index (κ2) is 14.2. The van der Waals surface area contributed by atoms with Crippen molar-refractivity contribution in [3.63, 3.8) is 0 Å². The first-order valence-corrected chi connectivity index (χ1v) is 8.05. The van der Waals surface area contributed by atoms with Crippen LogP contribution in [-0.2, 0) is 28.7 Å². The maximum Gasteiger partial charge on any atom is 0.326 e. The van der Waals surface area contributed by atoms with Crippen molar-refractivity contribution in [3.05, 3.63) is 0 Å². The highest BCUT2D eigenvalue weighted by Crippen LogP contribution is 1.99. The van der Waals surface area contributed by atoms with E-state index in [4.69, 9.17) is 14.6 Å². The van der Waals surface area contributed by atoms with E-state index in [-0.39, 0.29) is 70.0 Å². The Balaban J connectivity index is 3.70. The minimum Gasteiger partial charge on any atom is -0.480 e. The Labute approximate surface area is 146 Å². The maximum absolute atomic E-state index is 11.6. The number of carbonyl (C=O) groups is 4. The molecule has 25 heavy (non-hydrogen) atoms. The van der Waals surface area contributed by atoms with Crippen LogP contribution in [0.2, 0.25) is 0 Å². The molecule has 144 valence electrons. The fourth-order valence-electron chi connectivity index (χ4n) is 1.64. The van der Waals surface area contributed by atoms with E-state index in [9.17, 15) is 19.2 Å². The van der Waals surface area contributed by atoms with Crippen LogP contribution in [0.25, 0.3) is 0 Å². The van der Waals surface area contributed by atoms with Gasteiger partial charge in [-0.2, -0.15) is 0 Å². The van der Waals surface area contributed by atoms with Gasteiger partial charge in [-0.3, -0.25) is 14.4 Å². The summed E-state index contributed by atoms with van der Waals surface area (Å²) in [5.41, 5.74) is 0. The van der Waals surface area contributed by atoms with E-state index >= 15 is 0 Å². The molecular weight excluding hydrogens is 334 g/mol. The number of carbonyl (C=O) groups excluding carboxylic acids is 3. The molecule has 0 aliphatic heterocycles. The normalized spacial score (nSPS) is 11.4. The van der Waals surface area contributed by atoms with Gasteiger partial charge in [-0.25, -0.2) is 4.79 Å². The molecule has 0 fully saturated rings. The number of nitrogens with one attached hydrogen (secondary N) is 3. The summed E-state index contributed by atoms with van der Waals surface area (Å²) < 4.78 is 10.2. The number of likely N-dealkylation sites (N-methyl/N-ethyl adjacent to an activating group) is 1. The minimum absolute atomic E-state index is 0.0150. The largest absolute Gasteiger partial charge is 0.480 e. The van der Waals surface area contributed by atoms with Crippen molar-refractivity contribution < 1.29 is 33.8 Å². The van der Waals surface area contributed by atoms with Gasteiger partial charge in [-0.05, 0) is 6.42 Å². The number of hydrogen-bond acceptors (Lipinski definition) is 6. The lowest BCUT2D eigenvalue weighted by atomic mass is 10.1. The lowest BCUT2D eigenvalue weighted by molar-refractivity contribution is -0.142. The van der Waals surface area contributed by atoms with Crippen LogP contribution in [0.3, 0.4) is 0 Å². The van der Waals surface area contributed by atoms with Crippen LogP contribution in [0.1, 0.15) is 26.2 Å². The molecule has 0 radical (unpaired) electrons. The number of carboxylic acid groups (broad SMARTS) is 1. The summed E-state index contributed by atoms with van der Waals surface area (Å²) in [7, 11) is 1.52. The summed E-state index contributed by atoms with van der Waals surface area (Å²) in [6.45, 7) is 2.67. The molecule has 1 atom stereocenters. The quantitative estimate of drug-likeness (QED) is 0.280. The molecule has 10 heteroatoms. The molecule has 3 amide bonds. The summed E-state index contributed by atoms with van der Waals surface area (Å²) in [4.78, 5) is 44.7. The van der Waals surface area contributed by atoms with Gasteiger partial charge in [0.1, 0.15) is 12.6 Å². The van der Waals surface area contributed by atoms with Gasteiger partial charge in [0.15, 0.2) is 0 Å². The highest BCUT2D eigenvalue weighted by Gasteiger charge is 2.20. The third-order valence-corrected chi connectivity index (χ3v) is 3.07. The predicted octanol–water partition coefficient (Wildman–Crippen LogP) is -1.36. The van der Waals surface area contributed by atoms with Gasteiger partial charge in [-0.15, -0.1) is 0 Å². The summed E-state index contributed by atoms with van der Waals surface area (Å²) in [6.07, 6.45) is 0.178. The second-order valence-electron chi connectivity index (χ2n) is 5.04. The molecule has 0 saturated heterocycles. The molecule has 0 spiro atoms. The van der Waals surface area contributed by atoms with E-state index in [1.165, 1.54) is 7.05 Å². The smallest absolute Gasteiger partial charge is 0.326 e. The molecule has 0 bridgehead atoms. The van der Waals surface area contributed by atoms with Gasteiger partial charge in [-0.1, -0.05) is 6.92 Å². The maximum atomic E-state index is 11.6. The lowest BCUT2D eigenvalue weighted by Crippen LogP contribution is -2.41. The van der Waals surface area contributed by atoms with Gasteiger partial charge in [0.05, 0.1) is 19.8 Å². The lowest BCUT2D eigenvalue weighted by Gasteiger charge is -2.13. The van der Waals surface area contributed by atoms with Crippen molar-refractivity contribution in [2.75, 3.05) is 40.0 Å². The van der Waals surface area contributed by atoms with Crippen molar-refractivity contribution in [3.8, 4) is 0 Å². The van der Waals surface area contributed by atoms with Crippen molar-refractivity contribution >= 4 is 23.7 Å². The van der Waals surface area contributed by atoms with Crippen molar-refractivity contribution in [1.82, 2.24) is 16.0 Å². The van der Waals surface area contributed by atoms with Crippen LogP contribution in [0.4, 0.5) is 0 Å². The Hall–Kier alpha value is -2.20. The number of aliphatic carboxylic acids is 1. The molecule has 10 nitrogen and oxygen atoms in total. The predicted molar refractivity (Wildman–Crippen MR) is 87.8 cm³/mol. The average molecular weight is 361 g/mol. The van der Waals surface area contributed by atoms with E-state index in [1.54, 1.807) is 6.92 Å². The van der Waals surface area contributed by atoms with Crippen LogP contribution in [0.5, 0.6) is 0 Å². The Morgan fingerprint density at radius 2 is 1.68 bits per heavy atom. The molecule has 0 heterocycles. The fourth-order valence-corrected chi connectivity index (χ4v) is 1.64. The molecule has 0 aliphatic rings. The van der Waals surface area contributed by atoms with Crippen LogP contribution in [0.15, 0.2) is 0 Å². The van der Waals surface area contributed by atoms with Crippen molar-refractivity contribution in [2.45, 2.75) is 32.2 Å². The third-order valence-electron chi connectivity index (χ3n) is 3.07. The van der Waals surface area contributed by atoms with Crippen LogP contribution in [-0.4, -0.2) is 74.9 Å². The topological polar surface area (TPSA) is 143 Å². The number of amides is 3. The molecule has 0 aliphatic carbocycles. The Morgan fingerprint density at radius 1 is 1.00 bits per heavy atom. The summed E-state index contributed by atoms with van der Waals surface area (Å²) in [5, 5.41) is 16.3. The minimum atomic E-state index is -1.17. The first-order valence-electron chi connectivity index (χ1n) is 8.05. The van der Waals surface area contributed by atoms with Gasteiger partial charge in [0.2, 0.25) is 17.7 Å². The molecule has 4 N–H and O–H groups in total. The second-order valence-corrected chi connectivity index (χ2v) is 5.04. The van der Waals surface area contributed by atoms with Crippen LogP contribution in [0, 0.1) is 0 Å². The van der Waals surface area contributed by atoms with E-state index in [1.807, 2.05) is 0 Å². The van der Waals surface area contributed by atoms with E-state index in [0.29, 0.717) is 0 Å². The van der Waals surface area contributed by atoms with Crippen molar-refractivity contribution in [1.29, 1.82) is 0 Å². The number of rotatable bonds is 14. The van der Waals surface area contributed by atoms with E-state index in [2.05, 4.69) is 16.0 Å². The molecule has 0 rings (SSSR count). The summed E-state index contributed by atoms with van der Waals surface area (Å²) >= 11 is 0. The zero-order chi connectivity index (χ0) is 19.1. The van der Waals surface area contributed by atoms with Gasteiger partial charge < -0.3 is 30.5 Å². The average Bonchev–Trinajstić information content (AvgIpc) is 2.59. The summed E-state index contributed by atoms with van der Waals surface area (Å²) in [5.74, 6) is -2.09. The third kappa shape index (κ3) is 12.8. The van der Waals surface area contributed by atoms with Gasteiger partial charge in [0.25, 0.3) is 0 Å². The fraction of sp³-hybridized carbons (Fsp3) is 0.733.